The van der Waals surface area contributed by atoms with Crippen LogP contribution in [0.15, 0.2) is 24.3 Å². The van der Waals surface area contributed by atoms with E-state index in [4.69, 9.17) is 14.0 Å². The molecule has 2 fully saturated rings. The first-order valence-corrected chi connectivity index (χ1v) is 9.34. The molecule has 6 heteroatoms. The average molecular weight is 368 g/mol. The van der Waals surface area contributed by atoms with Crippen molar-refractivity contribution in [2.75, 3.05) is 6.54 Å². The Morgan fingerprint density at radius 1 is 1.04 bits per heavy atom. The summed E-state index contributed by atoms with van der Waals surface area (Å²) < 4.78 is 17.6. The fourth-order valence-corrected chi connectivity index (χ4v) is 2.93. The lowest BCUT2D eigenvalue weighted by atomic mass is 9.79. The molecule has 1 amide bonds. The first kappa shape index (κ1) is 20.2. The molecule has 3 rings (SSSR count). The van der Waals surface area contributed by atoms with Crippen LogP contribution in [0.25, 0.3) is 0 Å². The second kappa shape index (κ2) is 7.84. The molecule has 27 heavy (non-hydrogen) atoms. The van der Waals surface area contributed by atoms with Crippen LogP contribution in [0.3, 0.4) is 0 Å². The highest BCUT2D eigenvalue weighted by molar-refractivity contribution is 6.62. The van der Waals surface area contributed by atoms with Crippen molar-refractivity contribution in [3.05, 3.63) is 61.6 Å². The first-order chi connectivity index (χ1) is 12.7. The lowest BCUT2D eigenvalue weighted by Crippen LogP contribution is -2.41. The molecule has 2 aliphatic rings. The minimum Gasteiger partial charge on any atom is -0.445 e. The smallest absolute Gasteiger partial charge is 0.445 e. The van der Waals surface area contributed by atoms with Crippen molar-refractivity contribution in [3.63, 3.8) is 0 Å². The van der Waals surface area contributed by atoms with E-state index in [1.54, 1.807) is 4.90 Å². The highest BCUT2D eigenvalue weighted by Gasteiger charge is 2.51. The monoisotopic (exact) mass is 368 g/mol. The predicted molar refractivity (Wildman–Crippen MR) is 105 cm³/mol. The molecular formula is C21H27BNO4. The number of hydrogen-bond donors (Lipinski definition) is 0. The summed E-state index contributed by atoms with van der Waals surface area (Å²) in [6, 6.07) is 8.64. The molecule has 1 saturated carbocycles. The third-order valence-electron chi connectivity index (χ3n) is 5.36. The van der Waals surface area contributed by atoms with Gasteiger partial charge in [-0.2, -0.15) is 0 Å². The van der Waals surface area contributed by atoms with Crippen molar-refractivity contribution in [2.24, 2.45) is 0 Å². The number of amides is 1. The van der Waals surface area contributed by atoms with E-state index in [0.717, 1.165) is 17.1 Å². The van der Waals surface area contributed by atoms with E-state index in [2.05, 4.69) is 0 Å². The topological polar surface area (TPSA) is 48.0 Å². The van der Waals surface area contributed by atoms with Gasteiger partial charge in [0.1, 0.15) is 6.61 Å². The molecule has 1 aromatic carbocycles. The Labute approximate surface area is 163 Å². The van der Waals surface area contributed by atoms with Gasteiger partial charge < -0.3 is 14.0 Å². The van der Waals surface area contributed by atoms with Crippen LogP contribution in [-0.2, 0) is 20.7 Å². The van der Waals surface area contributed by atoms with Gasteiger partial charge >= 0.3 is 13.2 Å². The normalized spacial score (nSPS) is 21.4. The van der Waals surface area contributed by atoms with Crippen molar-refractivity contribution in [1.29, 1.82) is 0 Å². The van der Waals surface area contributed by atoms with Gasteiger partial charge in [-0.3, -0.25) is 4.90 Å². The molecule has 0 bridgehead atoms. The van der Waals surface area contributed by atoms with Gasteiger partial charge in [-0.25, -0.2) is 4.79 Å². The maximum atomic E-state index is 12.3. The van der Waals surface area contributed by atoms with E-state index in [0.29, 0.717) is 6.54 Å². The van der Waals surface area contributed by atoms with Crippen LogP contribution in [0.4, 0.5) is 4.79 Å². The van der Waals surface area contributed by atoms with Crippen LogP contribution >= 0.6 is 0 Å². The van der Waals surface area contributed by atoms with Crippen molar-refractivity contribution in [2.45, 2.75) is 52.4 Å². The molecule has 1 saturated heterocycles. The third kappa shape index (κ3) is 4.32. The Morgan fingerprint density at radius 3 is 2.11 bits per heavy atom. The predicted octanol–water partition coefficient (Wildman–Crippen LogP) is 3.31. The van der Waals surface area contributed by atoms with Crippen LogP contribution in [0.2, 0.25) is 0 Å². The zero-order chi connectivity index (χ0) is 19.7. The van der Waals surface area contributed by atoms with Crippen molar-refractivity contribution in [3.8, 4) is 0 Å². The summed E-state index contributed by atoms with van der Waals surface area (Å²) in [6.45, 7) is 10.8. The molecule has 5 nitrogen and oxygen atoms in total. The van der Waals surface area contributed by atoms with E-state index < -0.39 is 0 Å². The van der Waals surface area contributed by atoms with Gasteiger partial charge in [0.2, 0.25) is 0 Å². The lowest BCUT2D eigenvalue weighted by molar-refractivity contribution is 0.00578. The number of carbonyl (C=O) groups excluding carboxylic acids is 1. The minimum atomic E-state index is -0.389. The number of benzene rings is 1. The quantitative estimate of drug-likeness (QED) is 0.749. The van der Waals surface area contributed by atoms with Crippen molar-refractivity contribution >= 4 is 18.7 Å². The van der Waals surface area contributed by atoms with Crippen molar-refractivity contribution in [1.82, 2.24) is 4.90 Å². The Morgan fingerprint density at radius 2 is 1.59 bits per heavy atom. The standard InChI is InChI=1S/C21H27BNO4/c1-6-23(18-9-7-8-10-18)19(24)25-15-16-11-13-17(14-12-16)22-26-20(2,3)21(4,5)27-22/h7-14H,6,15H2,1-5H3. The molecule has 1 aliphatic heterocycles. The summed E-state index contributed by atoms with van der Waals surface area (Å²) in [7, 11) is -0.389. The van der Waals surface area contributed by atoms with E-state index >= 15 is 0 Å². The van der Waals surface area contributed by atoms with E-state index in [9.17, 15) is 4.79 Å². The Hall–Kier alpha value is -1.53. The molecule has 1 aliphatic carbocycles. The number of rotatable bonds is 5. The van der Waals surface area contributed by atoms with Crippen LogP contribution in [-0.4, -0.2) is 35.9 Å². The SMILES string of the molecule is CCN([C]1[CH][CH][CH][CH]1)C(=O)OCc1ccc(B2OC(C)(C)C(C)(C)O2)cc1. The highest BCUT2D eigenvalue weighted by Crippen LogP contribution is 2.36. The third-order valence-corrected chi connectivity index (χ3v) is 5.36. The second-order valence-electron chi connectivity index (χ2n) is 7.77. The zero-order valence-corrected chi connectivity index (χ0v) is 16.7. The second-order valence-corrected chi connectivity index (χ2v) is 7.77. The van der Waals surface area contributed by atoms with Gasteiger partial charge in [-0.05, 0) is 71.3 Å². The fourth-order valence-electron chi connectivity index (χ4n) is 2.93. The summed E-state index contributed by atoms with van der Waals surface area (Å²) in [5, 5.41) is 0. The highest BCUT2D eigenvalue weighted by atomic mass is 16.7. The Kier molecular flexibility index (Phi) is 5.87. The minimum absolute atomic E-state index is 0.222. The van der Waals surface area contributed by atoms with Crippen LogP contribution in [0, 0.1) is 31.7 Å². The lowest BCUT2D eigenvalue weighted by Gasteiger charge is -2.32. The summed E-state index contributed by atoms with van der Waals surface area (Å²) in [5.41, 5.74) is 1.14. The molecule has 1 aromatic rings. The molecular weight excluding hydrogens is 341 g/mol. The number of ether oxygens (including phenoxy) is 1. The van der Waals surface area contributed by atoms with Gasteiger partial charge in [0.25, 0.3) is 0 Å². The van der Waals surface area contributed by atoms with Crippen molar-refractivity contribution < 1.29 is 18.8 Å². The molecule has 143 valence electrons. The fraction of sp³-hybridized carbons (Fsp3) is 0.429. The summed E-state index contributed by atoms with van der Waals surface area (Å²) in [6.07, 6.45) is 7.24. The maximum absolute atomic E-state index is 12.3. The molecule has 0 aromatic heterocycles. The Bertz CT molecular complexity index is 637. The van der Waals surface area contributed by atoms with Gasteiger partial charge in [0.15, 0.2) is 0 Å². The van der Waals surface area contributed by atoms with E-state index in [1.165, 1.54) is 0 Å². The van der Waals surface area contributed by atoms with Gasteiger partial charge in [0, 0.05) is 6.54 Å². The molecule has 5 radical (unpaired) electrons. The van der Waals surface area contributed by atoms with Gasteiger partial charge in [-0.1, -0.05) is 24.3 Å². The van der Waals surface area contributed by atoms with Crippen LogP contribution in [0.1, 0.15) is 40.2 Å². The molecule has 0 N–H and O–H groups in total. The first-order valence-electron chi connectivity index (χ1n) is 9.34. The molecule has 1 heterocycles. The van der Waals surface area contributed by atoms with Gasteiger partial charge in [0.05, 0.1) is 17.2 Å². The largest absolute Gasteiger partial charge is 0.494 e. The number of hydrogen-bond acceptors (Lipinski definition) is 4. The van der Waals surface area contributed by atoms with E-state index in [1.807, 2.05) is 84.6 Å². The number of nitrogens with zero attached hydrogens (tertiary/aromatic N) is 1. The van der Waals surface area contributed by atoms with Crippen LogP contribution in [0.5, 0.6) is 0 Å². The number of carbonyl (C=O) groups is 1. The van der Waals surface area contributed by atoms with Crippen LogP contribution < -0.4 is 5.46 Å². The maximum Gasteiger partial charge on any atom is 0.494 e. The average Bonchev–Trinajstić information content (AvgIpc) is 3.21. The Balaban J connectivity index is 1.56. The van der Waals surface area contributed by atoms with Gasteiger partial charge in [-0.15, -0.1) is 0 Å². The summed E-state index contributed by atoms with van der Waals surface area (Å²) >= 11 is 0. The van der Waals surface area contributed by atoms with E-state index in [-0.39, 0.29) is 31.0 Å². The zero-order valence-electron chi connectivity index (χ0n) is 16.7. The molecule has 0 unspecified atom stereocenters. The molecule has 0 atom stereocenters. The summed E-state index contributed by atoms with van der Waals surface area (Å²) in [4.78, 5) is 13.9. The summed E-state index contributed by atoms with van der Waals surface area (Å²) in [5.74, 6) is 0. The molecule has 0 spiro atoms.